The van der Waals surface area contributed by atoms with Crippen LogP contribution in [0.4, 0.5) is 0 Å². The summed E-state index contributed by atoms with van der Waals surface area (Å²) in [5.74, 6) is 6.30. The van der Waals surface area contributed by atoms with E-state index in [0.717, 1.165) is 25.0 Å². The third-order valence-corrected chi connectivity index (χ3v) is 2.07. The zero-order chi connectivity index (χ0) is 10.9. The molecule has 80 valence electrons. The summed E-state index contributed by atoms with van der Waals surface area (Å²) < 4.78 is 5.53. The van der Waals surface area contributed by atoms with Crippen LogP contribution in [0.2, 0.25) is 0 Å². The maximum absolute atomic E-state index is 5.53. The first-order valence-corrected chi connectivity index (χ1v) is 5.55. The molecule has 1 aromatic rings. The van der Waals surface area contributed by atoms with Crippen molar-refractivity contribution in [2.24, 2.45) is 0 Å². The molecule has 1 heteroatoms. The normalized spacial score (nSPS) is 11.6. The number of rotatable bonds is 4. The minimum absolute atomic E-state index is 0.0835. The van der Waals surface area contributed by atoms with Gasteiger partial charge in [0.15, 0.2) is 0 Å². The van der Waals surface area contributed by atoms with E-state index in [4.69, 9.17) is 4.74 Å². The van der Waals surface area contributed by atoms with Gasteiger partial charge in [-0.1, -0.05) is 43.4 Å². The van der Waals surface area contributed by atoms with Gasteiger partial charge < -0.3 is 4.74 Å². The lowest BCUT2D eigenvalue weighted by Crippen LogP contribution is -2.09. The third kappa shape index (κ3) is 4.67. The van der Waals surface area contributed by atoms with Crippen molar-refractivity contribution >= 4 is 0 Å². The summed E-state index contributed by atoms with van der Waals surface area (Å²) >= 11 is 0. The van der Waals surface area contributed by atoms with Gasteiger partial charge in [-0.2, -0.15) is 0 Å². The summed E-state index contributed by atoms with van der Waals surface area (Å²) in [6.45, 7) is 4.89. The predicted octanol–water partition coefficient (Wildman–Crippen LogP) is 3.24. The molecule has 0 fully saturated rings. The van der Waals surface area contributed by atoms with Crippen molar-refractivity contribution < 1.29 is 4.74 Å². The van der Waals surface area contributed by atoms with Gasteiger partial charge in [0, 0.05) is 12.2 Å². The fourth-order valence-corrected chi connectivity index (χ4v) is 1.35. The molecule has 0 bridgehead atoms. The Morgan fingerprint density at radius 2 is 1.93 bits per heavy atom. The van der Waals surface area contributed by atoms with E-state index in [1.54, 1.807) is 0 Å². The lowest BCUT2D eigenvalue weighted by molar-refractivity contribution is 0.0963. The lowest BCUT2D eigenvalue weighted by atomic mass is 10.2. The highest BCUT2D eigenvalue weighted by Gasteiger charge is 2.01. The fraction of sp³-hybridized carbons (Fsp3) is 0.429. The Morgan fingerprint density at radius 3 is 2.53 bits per heavy atom. The molecule has 0 spiro atoms. The quantitative estimate of drug-likeness (QED) is 0.681. The van der Waals surface area contributed by atoms with Crippen molar-refractivity contribution in [2.45, 2.75) is 32.8 Å². The molecule has 0 aliphatic carbocycles. The molecule has 0 aliphatic rings. The number of ether oxygens (including phenoxy) is 1. The summed E-state index contributed by atoms with van der Waals surface area (Å²) in [4.78, 5) is 0. The van der Waals surface area contributed by atoms with Gasteiger partial charge in [-0.05, 0) is 25.5 Å². The van der Waals surface area contributed by atoms with Gasteiger partial charge in [-0.3, -0.25) is 0 Å². The van der Waals surface area contributed by atoms with Gasteiger partial charge in [-0.25, -0.2) is 0 Å². The standard InChI is InChI=1S/C14H18O/c1-3-8-14(15-4-2)12-11-13-9-6-5-7-10-13/h5-7,9-10,14H,3-4,8H2,1-2H3. The molecule has 1 unspecified atom stereocenters. The van der Waals surface area contributed by atoms with Crippen molar-refractivity contribution in [3.8, 4) is 11.8 Å². The molecule has 1 rings (SSSR count). The van der Waals surface area contributed by atoms with Crippen molar-refractivity contribution in [3.05, 3.63) is 35.9 Å². The van der Waals surface area contributed by atoms with Crippen LogP contribution in [0.15, 0.2) is 30.3 Å². The van der Waals surface area contributed by atoms with Gasteiger partial charge in [-0.15, -0.1) is 0 Å². The third-order valence-electron chi connectivity index (χ3n) is 2.07. The molecule has 0 amide bonds. The van der Waals surface area contributed by atoms with E-state index in [9.17, 15) is 0 Å². The van der Waals surface area contributed by atoms with E-state index in [2.05, 4.69) is 18.8 Å². The maximum Gasteiger partial charge on any atom is 0.118 e. The van der Waals surface area contributed by atoms with Crippen LogP contribution in [-0.2, 0) is 4.74 Å². The van der Waals surface area contributed by atoms with E-state index in [0.29, 0.717) is 0 Å². The van der Waals surface area contributed by atoms with E-state index in [-0.39, 0.29) is 6.10 Å². The molecule has 1 nitrogen and oxygen atoms in total. The van der Waals surface area contributed by atoms with Gasteiger partial charge in [0.1, 0.15) is 6.10 Å². The number of hydrogen-bond acceptors (Lipinski definition) is 1. The van der Waals surface area contributed by atoms with Crippen LogP contribution in [-0.4, -0.2) is 12.7 Å². The highest BCUT2D eigenvalue weighted by atomic mass is 16.5. The van der Waals surface area contributed by atoms with Crippen LogP contribution in [0.1, 0.15) is 32.3 Å². The molecular formula is C14H18O. The second kappa shape index (κ2) is 7.09. The molecule has 0 N–H and O–H groups in total. The average molecular weight is 202 g/mol. The van der Waals surface area contributed by atoms with Gasteiger partial charge in [0.25, 0.3) is 0 Å². The van der Waals surface area contributed by atoms with Crippen LogP contribution in [0.5, 0.6) is 0 Å². The first kappa shape index (κ1) is 11.8. The molecule has 0 heterocycles. The van der Waals surface area contributed by atoms with Crippen LogP contribution in [0.3, 0.4) is 0 Å². The summed E-state index contributed by atoms with van der Waals surface area (Å²) in [6, 6.07) is 10.0. The Bertz CT molecular complexity index is 312. The van der Waals surface area contributed by atoms with Crippen LogP contribution in [0.25, 0.3) is 0 Å². The second-order valence-corrected chi connectivity index (χ2v) is 3.37. The largest absolute Gasteiger partial charge is 0.366 e. The summed E-state index contributed by atoms with van der Waals surface area (Å²) in [5, 5.41) is 0. The molecule has 1 atom stereocenters. The molecule has 15 heavy (non-hydrogen) atoms. The Morgan fingerprint density at radius 1 is 1.20 bits per heavy atom. The molecule has 0 radical (unpaired) electrons. The van der Waals surface area contributed by atoms with E-state index >= 15 is 0 Å². The first-order chi connectivity index (χ1) is 7.36. The van der Waals surface area contributed by atoms with Gasteiger partial charge in [0.05, 0.1) is 0 Å². The summed E-state index contributed by atoms with van der Waals surface area (Å²) in [6.07, 6.45) is 2.20. The summed E-state index contributed by atoms with van der Waals surface area (Å²) in [7, 11) is 0. The van der Waals surface area contributed by atoms with E-state index in [1.165, 1.54) is 0 Å². The predicted molar refractivity (Wildman–Crippen MR) is 63.6 cm³/mol. The van der Waals surface area contributed by atoms with Gasteiger partial charge in [0.2, 0.25) is 0 Å². The Labute approximate surface area is 92.5 Å². The highest BCUT2D eigenvalue weighted by Crippen LogP contribution is 2.02. The van der Waals surface area contributed by atoms with Crippen LogP contribution in [0, 0.1) is 11.8 Å². The minimum atomic E-state index is 0.0835. The Hall–Kier alpha value is -1.26. The monoisotopic (exact) mass is 202 g/mol. The molecule has 0 saturated carbocycles. The smallest absolute Gasteiger partial charge is 0.118 e. The fourth-order valence-electron chi connectivity index (χ4n) is 1.35. The molecular weight excluding hydrogens is 184 g/mol. The van der Waals surface area contributed by atoms with Gasteiger partial charge >= 0.3 is 0 Å². The molecule has 0 aromatic heterocycles. The minimum Gasteiger partial charge on any atom is -0.366 e. The number of benzene rings is 1. The molecule has 0 aliphatic heterocycles. The average Bonchev–Trinajstić information content (AvgIpc) is 2.28. The van der Waals surface area contributed by atoms with Crippen LogP contribution >= 0.6 is 0 Å². The van der Waals surface area contributed by atoms with Crippen molar-refractivity contribution in [3.63, 3.8) is 0 Å². The zero-order valence-corrected chi connectivity index (χ0v) is 9.49. The summed E-state index contributed by atoms with van der Waals surface area (Å²) in [5.41, 5.74) is 1.05. The van der Waals surface area contributed by atoms with Crippen molar-refractivity contribution in [1.82, 2.24) is 0 Å². The zero-order valence-electron chi connectivity index (χ0n) is 9.49. The Kier molecular flexibility index (Phi) is 5.58. The molecule has 0 saturated heterocycles. The van der Waals surface area contributed by atoms with Crippen molar-refractivity contribution in [1.29, 1.82) is 0 Å². The lowest BCUT2D eigenvalue weighted by Gasteiger charge is -2.08. The Balaban J connectivity index is 2.60. The first-order valence-electron chi connectivity index (χ1n) is 5.55. The SMILES string of the molecule is CCCC(C#Cc1ccccc1)OCC. The van der Waals surface area contributed by atoms with E-state index in [1.807, 2.05) is 37.3 Å². The topological polar surface area (TPSA) is 9.23 Å². The number of hydrogen-bond donors (Lipinski definition) is 0. The highest BCUT2D eigenvalue weighted by molar-refractivity contribution is 5.34. The maximum atomic E-state index is 5.53. The van der Waals surface area contributed by atoms with Crippen LogP contribution < -0.4 is 0 Å². The van der Waals surface area contributed by atoms with Crippen molar-refractivity contribution in [2.75, 3.05) is 6.61 Å². The second-order valence-electron chi connectivity index (χ2n) is 3.37. The molecule has 1 aromatic carbocycles. The van der Waals surface area contributed by atoms with E-state index < -0.39 is 0 Å².